The zero-order valence-corrected chi connectivity index (χ0v) is 17.7. The van der Waals surface area contributed by atoms with Crippen molar-refractivity contribution in [2.75, 3.05) is 10.6 Å². The molecular weight excluding hydrogens is 444 g/mol. The molecule has 0 bridgehead atoms. The van der Waals surface area contributed by atoms with Crippen molar-refractivity contribution in [2.45, 2.75) is 25.0 Å². The Hall–Kier alpha value is -3.26. The quantitative estimate of drug-likeness (QED) is 0.389. The van der Waals surface area contributed by atoms with Crippen LogP contribution in [0.3, 0.4) is 0 Å². The number of hydrogen-bond acceptors (Lipinski definition) is 6. The molecule has 1 aromatic heterocycles. The molecule has 4 N–H and O–H groups in total. The molecule has 0 radical (unpaired) electrons. The second-order valence-electron chi connectivity index (χ2n) is 7.21. The standard InChI is InChI=1S/C22H21BrN6O/c23-16-13-24-22(27-21(16)26-20-12-18(28-29-20)14-10-11-14)25-17-8-4-5-9-19(17)30-15-6-2-1-3-7-15/h1-9,12-14,22,25,27H,10-11H2,(H2,26,28,29). The van der Waals surface area contributed by atoms with Crippen molar-refractivity contribution in [1.82, 2.24) is 15.5 Å². The third kappa shape index (κ3) is 4.33. The first-order valence-corrected chi connectivity index (χ1v) is 10.6. The second kappa shape index (κ2) is 8.23. The van der Waals surface area contributed by atoms with Gasteiger partial charge in [0.1, 0.15) is 11.6 Å². The Kier molecular flexibility index (Phi) is 5.15. The monoisotopic (exact) mass is 464 g/mol. The highest BCUT2D eigenvalue weighted by atomic mass is 79.9. The number of anilines is 2. The summed E-state index contributed by atoms with van der Waals surface area (Å²) in [7, 11) is 0. The molecule has 1 unspecified atom stereocenters. The lowest BCUT2D eigenvalue weighted by Gasteiger charge is -2.25. The number of ether oxygens (including phenoxy) is 1. The summed E-state index contributed by atoms with van der Waals surface area (Å²) in [6.45, 7) is 0. The number of H-pyrrole nitrogens is 1. The first kappa shape index (κ1) is 18.7. The van der Waals surface area contributed by atoms with E-state index in [-0.39, 0.29) is 6.29 Å². The van der Waals surface area contributed by atoms with Gasteiger partial charge in [-0.05, 0) is 53.0 Å². The van der Waals surface area contributed by atoms with E-state index >= 15 is 0 Å². The first-order valence-electron chi connectivity index (χ1n) is 9.85. The van der Waals surface area contributed by atoms with Gasteiger partial charge in [-0.15, -0.1) is 0 Å². The van der Waals surface area contributed by atoms with Gasteiger partial charge in [-0.2, -0.15) is 5.10 Å². The van der Waals surface area contributed by atoms with Crippen molar-refractivity contribution in [3.8, 4) is 11.5 Å². The highest BCUT2D eigenvalue weighted by Gasteiger charge is 2.26. The van der Waals surface area contributed by atoms with Gasteiger partial charge in [-0.3, -0.25) is 5.10 Å². The Morgan fingerprint density at radius 3 is 2.67 bits per heavy atom. The second-order valence-corrected chi connectivity index (χ2v) is 8.07. The highest BCUT2D eigenvalue weighted by molar-refractivity contribution is 9.12. The lowest BCUT2D eigenvalue weighted by molar-refractivity contribution is 0.482. The molecule has 0 saturated heterocycles. The smallest absolute Gasteiger partial charge is 0.195 e. The van der Waals surface area contributed by atoms with Crippen LogP contribution in [0.15, 0.2) is 76.0 Å². The number of aromatic amines is 1. The van der Waals surface area contributed by atoms with Crippen LogP contribution in [0.25, 0.3) is 0 Å². The number of aromatic nitrogens is 2. The molecule has 2 heterocycles. The Balaban J connectivity index is 1.27. The van der Waals surface area contributed by atoms with Gasteiger partial charge in [0, 0.05) is 23.9 Å². The highest BCUT2D eigenvalue weighted by Crippen LogP contribution is 2.39. The van der Waals surface area contributed by atoms with E-state index < -0.39 is 0 Å². The molecule has 1 saturated carbocycles. The molecule has 3 aromatic rings. The van der Waals surface area contributed by atoms with Gasteiger partial charge in [-0.1, -0.05) is 30.3 Å². The van der Waals surface area contributed by atoms with Gasteiger partial charge in [0.15, 0.2) is 17.9 Å². The fourth-order valence-electron chi connectivity index (χ4n) is 3.19. The molecule has 0 amide bonds. The van der Waals surface area contributed by atoms with E-state index in [0.29, 0.717) is 5.92 Å². The maximum Gasteiger partial charge on any atom is 0.195 e. The van der Waals surface area contributed by atoms with Crippen LogP contribution in [0.5, 0.6) is 11.5 Å². The number of benzene rings is 2. The number of nitrogens with zero attached hydrogens (tertiary/aromatic N) is 2. The van der Waals surface area contributed by atoms with Crippen LogP contribution in [-0.4, -0.2) is 22.7 Å². The minimum absolute atomic E-state index is 0.365. The molecule has 1 aliphatic heterocycles. The molecule has 8 heteroatoms. The predicted molar refractivity (Wildman–Crippen MR) is 122 cm³/mol. The van der Waals surface area contributed by atoms with E-state index in [4.69, 9.17) is 4.74 Å². The Morgan fingerprint density at radius 1 is 1.03 bits per heavy atom. The summed E-state index contributed by atoms with van der Waals surface area (Å²) in [6.07, 6.45) is 3.87. The summed E-state index contributed by atoms with van der Waals surface area (Å²) in [4.78, 5) is 4.51. The number of hydrogen-bond donors (Lipinski definition) is 4. The topological polar surface area (TPSA) is 86.4 Å². The van der Waals surface area contributed by atoms with E-state index in [9.17, 15) is 0 Å². The molecule has 2 aliphatic rings. The number of halogens is 1. The summed E-state index contributed by atoms with van der Waals surface area (Å²) >= 11 is 3.55. The number of para-hydroxylation sites is 3. The number of allylic oxidation sites excluding steroid dienone is 1. The van der Waals surface area contributed by atoms with Gasteiger partial charge < -0.3 is 20.7 Å². The molecule has 7 nitrogen and oxygen atoms in total. The van der Waals surface area contributed by atoms with Crippen molar-refractivity contribution >= 4 is 33.6 Å². The molecule has 1 aliphatic carbocycles. The minimum atomic E-state index is -0.365. The lowest BCUT2D eigenvalue weighted by atomic mass is 10.3. The average molecular weight is 465 g/mol. The van der Waals surface area contributed by atoms with E-state index in [2.05, 4.69) is 53.1 Å². The zero-order valence-electron chi connectivity index (χ0n) is 16.1. The van der Waals surface area contributed by atoms with E-state index in [0.717, 1.165) is 33.3 Å². The number of aliphatic imine (C=N–C) groups is 1. The maximum atomic E-state index is 6.03. The summed E-state index contributed by atoms with van der Waals surface area (Å²) in [5.74, 6) is 3.70. The number of rotatable bonds is 7. The molecule has 152 valence electrons. The molecule has 1 atom stereocenters. The van der Waals surface area contributed by atoms with E-state index in [1.165, 1.54) is 18.5 Å². The van der Waals surface area contributed by atoms with Crippen LogP contribution in [0.2, 0.25) is 0 Å². The Morgan fingerprint density at radius 2 is 1.83 bits per heavy atom. The fourth-order valence-corrected chi connectivity index (χ4v) is 3.52. The Bertz CT molecular complexity index is 1090. The fraction of sp³-hybridized carbons (Fsp3) is 0.182. The van der Waals surface area contributed by atoms with Crippen molar-refractivity contribution in [3.63, 3.8) is 0 Å². The zero-order chi connectivity index (χ0) is 20.3. The summed E-state index contributed by atoms with van der Waals surface area (Å²) < 4.78 is 6.86. The molecule has 0 spiro atoms. The summed E-state index contributed by atoms with van der Waals surface area (Å²) in [5, 5.41) is 17.5. The van der Waals surface area contributed by atoms with Crippen LogP contribution in [0.4, 0.5) is 11.5 Å². The summed E-state index contributed by atoms with van der Waals surface area (Å²) in [6, 6.07) is 19.6. The van der Waals surface area contributed by atoms with Crippen LogP contribution in [0.1, 0.15) is 24.5 Å². The van der Waals surface area contributed by atoms with Crippen molar-refractivity contribution in [2.24, 2.45) is 4.99 Å². The van der Waals surface area contributed by atoms with Crippen LogP contribution in [0, 0.1) is 0 Å². The molecule has 30 heavy (non-hydrogen) atoms. The Labute approximate surface area is 182 Å². The maximum absolute atomic E-state index is 6.03. The van der Waals surface area contributed by atoms with E-state index in [1.54, 1.807) is 6.21 Å². The summed E-state index contributed by atoms with van der Waals surface area (Å²) in [5.41, 5.74) is 2.02. The third-order valence-electron chi connectivity index (χ3n) is 4.88. The van der Waals surface area contributed by atoms with Crippen LogP contribution >= 0.6 is 15.9 Å². The van der Waals surface area contributed by atoms with E-state index in [1.807, 2.05) is 54.6 Å². The van der Waals surface area contributed by atoms with Crippen molar-refractivity contribution in [3.05, 3.63) is 76.7 Å². The lowest BCUT2D eigenvalue weighted by Crippen LogP contribution is -2.39. The SMILES string of the molecule is BrC1=C(Nc2cc(C3CC3)[nH]n2)NC(Nc2ccccc2Oc2ccccc2)N=C1. The van der Waals surface area contributed by atoms with Crippen molar-refractivity contribution in [1.29, 1.82) is 0 Å². The molecule has 1 fully saturated rings. The minimum Gasteiger partial charge on any atom is -0.455 e. The molecular formula is C22H21BrN6O. The van der Waals surface area contributed by atoms with Crippen LogP contribution in [-0.2, 0) is 0 Å². The molecule has 5 rings (SSSR count). The third-order valence-corrected chi connectivity index (χ3v) is 5.48. The first-order chi connectivity index (χ1) is 14.7. The molecule has 2 aromatic carbocycles. The largest absolute Gasteiger partial charge is 0.455 e. The van der Waals surface area contributed by atoms with Crippen molar-refractivity contribution < 1.29 is 4.74 Å². The van der Waals surface area contributed by atoms with Gasteiger partial charge in [0.2, 0.25) is 0 Å². The average Bonchev–Trinajstić information content (AvgIpc) is 3.52. The van der Waals surface area contributed by atoms with Gasteiger partial charge >= 0.3 is 0 Å². The normalized spacial score (nSPS) is 18.1. The van der Waals surface area contributed by atoms with Gasteiger partial charge in [0.25, 0.3) is 0 Å². The van der Waals surface area contributed by atoms with Gasteiger partial charge in [-0.25, -0.2) is 4.99 Å². The predicted octanol–water partition coefficient (Wildman–Crippen LogP) is 5.13. The number of nitrogens with one attached hydrogen (secondary N) is 4. The van der Waals surface area contributed by atoms with Crippen LogP contribution < -0.4 is 20.7 Å². The van der Waals surface area contributed by atoms with Gasteiger partial charge in [0.05, 0.1) is 10.2 Å².